The Balaban J connectivity index is 1.83. The highest BCUT2D eigenvalue weighted by molar-refractivity contribution is 6.06. The second-order valence-corrected chi connectivity index (χ2v) is 8.47. The van der Waals surface area contributed by atoms with Crippen LogP contribution in [-0.4, -0.2) is 0 Å². The molecule has 0 saturated heterocycles. The monoisotopic (exact) mass is 384 g/mol. The molecule has 144 valence electrons. The van der Waals surface area contributed by atoms with E-state index in [-0.39, 0.29) is 0 Å². The Labute approximate surface area is 178 Å². The van der Waals surface area contributed by atoms with E-state index >= 15 is 0 Å². The highest BCUT2D eigenvalue weighted by atomic mass is 14.3. The fourth-order valence-corrected chi connectivity index (χ4v) is 5.10. The van der Waals surface area contributed by atoms with Crippen LogP contribution in [0.5, 0.6) is 0 Å². The summed E-state index contributed by atoms with van der Waals surface area (Å²) in [7, 11) is 0. The van der Waals surface area contributed by atoms with Crippen molar-refractivity contribution in [3.8, 4) is 0 Å². The number of benzene rings is 4. The molecular formula is C30H24. The van der Waals surface area contributed by atoms with Gasteiger partial charge in [0.1, 0.15) is 0 Å². The highest BCUT2D eigenvalue weighted by Crippen LogP contribution is 2.42. The topological polar surface area (TPSA) is 0 Å². The largest absolute Gasteiger partial charge is 0.0622 e. The minimum absolute atomic E-state index is 1.08. The molecule has 4 aromatic rings. The van der Waals surface area contributed by atoms with Gasteiger partial charge in [0.05, 0.1) is 0 Å². The molecule has 4 aromatic carbocycles. The molecule has 0 saturated carbocycles. The van der Waals surface area contributed by atoms with Crippen molar-refractivity contribution < 1.29 is 0 Å². The van der Waals surface area contributed by atoms with Crippen LogP contribution >= 0.6 is 0 Å². The smallest absolute Gasteiger partial charge is 0.00238 e. The Morgan fingerprint density at radius 3 is 1.27 bits per heavy atom. The molecule has 0 aliphatic heterocycles. The van der Waals surface area contributed by atoms with Crippen molar-refractivity contribution in [2.24, 2.45) is 0 Å². The van der Waals surface area contributed by atoms with E-state index in [1.807, 2.05) is 0 Å². The summed E-state index contributed by atoms with van der Waals surface area (Å²) < 4.78 is 0. The molecule has 0 aromatic heterocycles. The van der Waals surface area contributed by atoms with Crippen molar-refractivity contribution in [1.29, 1.82) is 0 Å². The second kappa shape index (κ2) is 7.15. The lowest BCUT2D eigenvalue weighted by molar-refractivity contribution is 0.912. The van der Waals surface area contributed by atoms with E-state index in [2.05, 4.69) is 97.1 Å². The number of hydrogen-bond acceptors (Lipinski definition) is 0. The van der Waals surface area contributed by atoms with E-state index in [1.54, 1.807) is 0 Å². The third-order valence-corrected chi connectivity index (χ3v) is 6.63. The third-order valence-electron chi connectivity index (χ3n) is 6.63. The molecule has 30 heavy (non-hydrogen) atoms. The molecule has 0 heterocycles. The maximum absolute atomic E-state index is 2.47. The van der Waals surface area contributed by atoms with Crippen LogP contribution < -0.4 is 0 Å². The van der Waals surface area contributed by atoms with Crippen LogP contribution in [0.25, 0.3) is 11.1 Å². The Bertz CT molecular complexity index is 1160. The van der Waals surface area contributed by atoms with Crippen molar-refractivity contribution >= 4 is 11.1 Å². The van der Waals surface area contributed by atoms with Crippen molar-refractivity contribution in [2.75, 3.05) is 0 Å². The summed E-state index contributed by atoms with van der Waals surface area (Å²) in [4.78, 5) is 0. The highest BCUT2D eigenvalue weighted by Gasteiger charge is 2.24. The molecule has 0 radical (unpaired) electrons. The summed E-state index contributed by atoms with van der Waals surface area (Å²) in [6, 6.07) is 36.4. The van der Waals surface area contributed by atoms with Gasteiger partial charge in [-0.15, -0.1) is 0 Å². The second-order valence-electron chi connectivity index (χ2n) is 8.47. The van der Waals surface area contributed by atoms with Crippen LogP contribution in [0.3, 0.4) is 0 Å². The molecule has 0 amide bonds. The van der Waals surface area contributed by atoms with Gasteiger partial charge in [0.25, 0.3) is 0 Å². The maximum atomic E-state index is 2.47. The van der Waals surface area contributed by atoms with Gasteiger partial charge in [0.15, 0.2) is 0 Å². The van der Waals surface area contributed by atoms with Crippen LogP contribution in [0.4, 0.5) is 0 Å². The lowest BCUT2D eigenvalue weighted by Gasteiger charge is -2.27. The molecule has 0 spiro atoms. The van der Waals surface area contributed by atoms with E-state index in [0.29, 0.717) is 0 Å². The summed E-state index contributed by atoms with van der Waals surface area (Å²) >= 11 is 0. The van der Waals surface area contributed by atoms with Gasteiger partial charge in [-0.2, -0.15) is 0 Å². The van der Waals surface area contributed by atoms with Gasteiger partial charge in [-0.25, -0.2) is 0 Å². The SMILES string of the molecule is c1ccc(/C2=C(\c3ccccc3)c3cc4ccc3CCc3ccc(cc32)CC4)cc1. The number of hydrogen-bond donors (Lipinski definition) is 0. The van der Waals surface area contributed by atoms with Gasteiger partial charge >= 0.3 is 0 Å². The minimum Gasteiger partial charge on any atom is -0.0622 e. The molecule has 0 nitrogen and oxygen atoms in total. The summed E-state index contributed by atoms with van der Waals surface area (Å²) in [6.07, 6.45) is 4.35. The Morgan fingerprint density at radius 1 is 0.400 bits per heavy atom. The van der Waals surface area contributed by atoms with E-state index in [0.717, 1.165) is 25.7 Å². The van der Waals surface area contributed by atoms with E-state index in [4.69, 9.17) is 0 Å². The Hall–Kier alpha value is -3.38. The van der Waals surface area contributed by atoms with E-state index < -0.39 is 0 Å². The molecule has 0 N–H and O–H groups in total. The standard InChI is InChI=1S/C30H24/c1-3-7-25(8-4-1)29-27-19-21-11-12-22-14-16-24(18-17-23(27)15-13-21)28(20-22)30(29)26-9-5-2-6-10-26/h1-10,13-16,19-20H,11-12,17-18H2/b30-29-. The van der Waals surface area contributed by atoms with Gasteiger partial charge in [0, 0.05) is 0 Å². The Kier molecular flexibility index (Phi) is 4.16. The van der Waals surface area contributed by atoms with Crippen LogP contribution in [-0.2, 0) is 25.7 Å². The average molecular weight is 385 g/mol. The zero-order valence-electron chi connectivity index (χ0n) is 17.1. The molecule has 0 atom stereocenters. The van der Waals surface area contributed by atoms with Crippen LogP contribution in [0.15, 0.2) is 97.1 Å². The van der Waals surface area contributed by atoms with Gasteiger partial charge in [-0.05, 0) is 81.3 Å². The van der Waals surface area contributed by atoms with Crippen molar-refractivity contribution in [3.63, 3.8) is 0 Å². The first-order valence-electron chi connectivity index (χ1n) is 11.0. The van der Waals surface area contributed by atoms with Gasteiger partial charge < -0.3 is 0 Å². The molecular weight excluding hydrogens is 360 g/mol. The fraction of sp³-hybridized carbons (Fsp3) is 0.133. The van der Waals surface area contributed by atoms with Crippen LogP contribution in [0.1, 0.15) is 44.5 Å². The van der Waals surface area contributed by atoms with Crippen LogP contribution in [0.2, 0.25) is 0 Å². The first-order valence-corrected chi connectivity index (χ1v) is 11.0. The third kappa shape index (κ3) is 2.92. The summed E-state index contributed by atoms with van der Waals surface area (Å²) in [5.74, 6) is 0. The fourth-order valence-electron chi connectivity index (χ4n) is 5.10. The van der Waals surface area contributed by atoms with Crippen LogP contribution in [0, 0.1) is 0 Å². The van der Waals surface area contributed by atoms with E-state index in [9.17, 15) is 0 Å². The predicted molar refractivity (Wildman–Crippen MR) is 126 cm³/mol. The first-order chi connectivity index (χ1) is 14.9. The lowest BCUT2D eigenvalue weighted by atomic mass is 9.77. The predicted octanol–water partition coefficient (Wildman–Crippen LogP) is 6.89. The summed E-state index contributed by atoms with van der Waals surface area (Å²) in [6.45, 7) is 0. The van der Waals surface area contributed by atoms with Crippen molar-refractivity contribution in [2.45, 2.75) is 25.7 Å². The zero-order valence-corrected chi connectivity index (χ0v) is 17.1. The first kappa shape index (κ1) is 17.5. The van der Waals surface area contributed by atoms with Gasteiger partial charge in [0.2, 0.25) is 0 Å². The maximum Gasteiger partial charge on any atom is -0.00238 e. The molecule has 0 unspecified atom stereocenters. The quantitative estimate of drug-likeness (QED) is 0.353. The molecule has 4 bridgehead atoms. The summed E-state index contributed by atoms with van der Waals surface area (Å²) in [5, 5.41) is 0. The molecule has 6 rings (SSSR count). The van der Waals surface area contributed by atoms with Gasteiger partial charge in [-0.3, -0.25) is 0 Å². The van der Waals surface area contributed by atoms with Crippen molar-refractivity contribution in [1.82, 2.24) is 0 Å². The number of rotatable bonds is 2. The molecule has 2 aliphatic carbocycles. The van der Waals surface area contributed by atoms with E-state index in [1.165, 1.54) is 55.7 Å². The van der Waals surface area contributed by atoms with Gasteiger partial charge in [-0.1, -0.05) is 97.1 Å². The molecule has 2 aliphatic rings. The minimum atomic E-state index is 1.08. The zero-order chi connectivity index (χ0) is 19.9. The normalized spacial score (nSPS) is 17.1. The summed E-state index contributed by atoms with van der Waals surface area (Å²) in [5.41, 5.74) is 14.0. The molecule has 0 heteroatoms. The Morgan fingerprint density at radius 2 is 0.833 bits per heavy atom. The average Bonchev–Trinajstić information content (AvgIpc) is 2.79. The number of fused-ring (bicyclic) bond motifs is 2. The molecule has 0 fully saturated rings. The number of aryl methyl sites for hydroxylation is 4. The van der Waals surface area contributed by atoms with Crippen molar-refractivity contribution in [3.05, 3.63) is 142 Å². The lowest BCUT2D eigenvalue weighted by Crippen LogP contribution is -2.10.